The summed E-state index contributed by atoms with van der Waals surface area (Å²) < 4.78 is 0. The van der Waals surface area contributed by atoms with Crippen molar-refractivity contribution in [3.05, 3.63) is 42.6 Å². The minimum absolute atomic E-state index is 0.654. The molecule has 1 aromatic carbocycles. The molecule has 1 aliphatic rings. The Hall–Kier alpha value is -1.77. The molecule has 0 spiro atoms. The van der Waals surface area contributed by atoms with Gasteiger partial charge in [-0.1, -0.05) is 18.2 Å². The Kier molecular flexibility index (Phi) is 1.78. The molecule has 0 atom stereocenters. The van der Waals surface area contributed by atoms with Gasteiger partial charge < -0.3 is 0 Å². The van der Waals surface area contributed by atoms with Gasteiger partial charge in [0, 0.05) is 6.08 Å². The fourth-order valence-electron chi connectivity index (χ4n) is 0.920. The van der Waals surface area contributed by atoms with E-state index in [1.165, 1.54) is 0 Å². The van der Waals surface area contributed by atoms with Crippen molar-refractivity contribution >= 4 is 11.5 Å². The van der Waals surface area contributed by atoms with Gasteiger partial charge in [-0.2, -0.15) is 5.11 Å². The Bertz CT molecular complexity index is 335. The van der Waals surface area contributed by atoms with E-state index in [-0.39, 0.29) is 0 Å². The number of para-hydroxylation sites is 1. The molecule has 0 radical (unpaired) electrons. The van der Waals surface area contributed by atoms with Gasteiger partial charge in [-0.3, -0.25) is 0 Å². The Morgan fingerprint density at radius 2 is 1.92 bits per heavy atom. The summed E-state index contributed by atoms with van der Waals surface area (Å²) in [6, 6.07) is 9.68. The van der Waals surface area contributed by atoms with E-state index in [4.69, 9.17) is 0 Å². The fraction of sp³-hybridized carbons (Fsp3) is 0. The number of hydrogen-bond donors (Lipinski definition) is 0. The second-order valence-electron chi connectivity index (χ2n) is 2.34. The molecule has 0 bridgehead atoms. The smallest absolute Gasteiger partial charge is 0.176 e. The average Bonchev–Trinajstić information content (AvgIpc) is 2.59. The molecule has 1 aromatic rings. The normalized spacial score (nSPS) is 17.5. The van der Waals surface area contributed by atoms with E-state index >= 15 is 0 Å². The van der Waals surface area contributed by atoms with Gasteiger partial charge in [0.1, 0.15) is 0 Å². The van der Waals surface area contributed by atoms with Crippen molar-refractivity contribution in [3.63, 3.8) is 0 Å². The van der Waals surface area contributed by atoms with Crippen molar-refractivity contribution in [2.24, 2.45) is 15.2 Å². The number of hydrogen-bond acceptors (Lipinski definition) is 2. The van der Waals surface area contributed by atoms with Gasteiger partial charge in [0.15, 0.2) is 5.84 Å². The highest BCUT2D eigenvalue weighted by atomic mass is 15.2. The molecule has 0 saturated carbocycles. The quantitative estimate of drug-likeness (QED) is 0.601. The van der Waals surface area contributed by atoms with Crippen LogP contribution in [0.1, 0.15) is 0 Å². The summed E-state index contributed by atoms with van der Waals surface area (Å²) >= 11 is 0. The van der Waals surface area contributed by atoms with Gasteiger partial charge in [0.25, 0.3) is 0 Å². The summed E-state index contributed by atoms with van der Waals surface area (Å²) in [5.41, 5.74) is 0.901. The predicted molar refractivity (Wildman–Crippen MR) is 47.5 cm³/mol. The monoisotopic (exact) mass is 157 g/mol. The van der Waals surface area contributed by atoms with Crippen LogP contribution in [0.25, 0.3) is 0 Å². The predicted octanol–water partition coefficient (Wildman–Crippen LogP) is 2.70. The maximum absolute atomic E-state index is 4.23. The SMILES string of the molecule is C1=CC(=Nc2ccccc2)N=N1. The molecular formula is C9H7N3. The molecule has 2 rings (SSSR count). The Labute approximate surface area is 70.2 Å². The third-order valence-electron chi connectivity index (χ3n) is 1.45. The third-order valence-corrected chi connectivity index (χ3v) is 1.45. The van der Waals surface area contributed by atoms with E-state index in [1.54, 1.807) is 12.3 Å². The number of rotatable bonds is 1. The number of aliphatic imine (C=N–C) groups is 1. The largest absolute Gasteiger partial charge is 0.228 e. The van der Waals surface area contributed by atoms with E-state index in [0.29, 0.717) is 5.84 Å². The van der Waals surface area contributed by atoms with Crippen LogP contribution in [0.2, 0.25) is 0 Å². The van der Waals surface area contributed by atoms with Crippen molar-refractivity contribution in [1.29, 1.82) is 0 Å². The zero-order valence-corrected chi connectivity index (χ0v) is 6.38. The van der Waals surface area contributed by atoms with Gasteiger partial charge in [-0.05, 0) is 12.1 Å². The van der Waals surface area contributed by atoms with Gasteiger partial charge >= 0.3 is 0 Å². The van der Waals surface area contributed by atoms with E-state index in [1.807, 2.05) is 30.3 Å². The molecule has 0 unspecified atom stereocenters. The second-order valence-corrected chi connectivity index (χ2v) is 2.34. The van der Waals surface area contributed by atoms with Crippen LogP contribution in [0.4, 0.5) is 5.69 Å². The maximum atomic E-state index is 4.23. The van der Waals surface area contributed by atoms with Gasteiger partial charge in [0.05, 0.1) is 11.9 Å². The zero-order valence-electron chi connectivity index (χ0n) is 6.38. The molecule has 0 saturated heterocycles. The minimum Gasteiger partial charge on any atom is -0.228 e. The van der Waals surface area contributed by atoms with Crippen molar-refractivity contribution in [2.75, 3.05) is 0 Å². The highest BCUT2D eigenvalue weighted by Crippen LogP contribution is 2.12. The Balaban J connectivity index is 2.29. The Morgan fingerprint density at radius 1 is 1.08 bits per heavy atom. The van der Waals surface area contributed by atoms with Crippen molar-refractivity contribution < 1.29 is 0 Å². The summed E-state index contributed by atoms with van der Waals surface area (Å²) in [6.07, 6.45) is 3.40. The van der Waals surface area contributed by atoms with Gasteiger partial charge in [-0.15, -0.1) is 5.11 Å². The molecule has 58 valence electrons. The number of azo groups is 1. The lowest BCUT2D eigenvalue weighted by atomic mass is 10.3. The molecule has 3 nitrogen and oxygen atoms in total. The topological polar surface area (TPSA) is 37.1 Å². The summed E-state index contributed by atoms with van der Waals surface area (Å²) in [5.74, 6) is 0.654. The van der Waals surface area contributed by atoms with Gasteiger partial charge in [0.2, 0.25) is 0 Å². The summed E-state index contributed by atoms with van der Waals surface area (Å²) in [7, 11) is 0. The van der Waals surface area contributed by atoms with Crippen LogP contribution in [0.3, 0.4) is 0 Å². The molecule has 0 fully saturated rings. The van der Waals surface area contributed by atoms with Crippen LogP contribution in [0.15, 0.2) is 57.8 Å². The van der Waals surface area contributed by atoms with E-state index in [9.17, 15) is 0 Å². The van der Waals surface area contributed by atoms with Crippen LogP contribution >= 0.6 is 0 Å². The van der Waals surface area contributed by atoms with Gasteiger partial charge in [-0.25, -0.2) is 4.99 Å². The molecule has 0 amide bonds. The fourth-order valence-corrected chi connectivity index (χ4v) is 0.920. The van der Waals surface area contributed by atoms with E-state index in [2.05, 4.69) is 15.2 Å². The molecule has 3 heteroatoms. The number of nitrogens with zero attached hydrogens (tertiary/aromatic N) is 3. The molecular weight excluding hydrogens is 150 g/mol. The Morgan fingerprint density at radius 3 is 2.58 bits per heavy atom. The first-order valence-electron chi connectivity index (χ1n) is 3.66. The van der Waals surface area contributed by atoms with E-state index < -0.39 is 0 Å². The third kappa shape index (κ3) is 1.45. The molecule has 1 heterocycles. The highest BCUT2D eigenvalue weighted by molar-refractivity contribution is 5.96. The number of amidine groups is 1. The lowest BCUT2D eigenvalue weighted by Crippen LogP contribution is -1.80. The first-order valence-corrected chi connectivity index (χ1v) is 3.66. The molecule has 1 aliphatic heterocycles. The van der Waals surface area contributed by atoms with Crippen molar-refractivity contribution in [3.8, 4) is 0 Å². The van der Waals surface area contributed by atoms with Crippen molar-refractivity contribution in [2.45, 2.75) is 0 Å². The van der Waals surface area contributed by atoms with Crippen LogP contribution in [0, 0.1) is 0 Å². The first-order chi connectivity index (χ1) is 5.95. The minimum atomic E-state index is 0.654. The molecule has 0 N–H and O–H groups in total. The molecule has 0 aromatic heterocycles. The highest BCUT2D eigenvalue weighted by Gasteiger charge is 1.95. The first kappa shape index (κ1) is 6.91. The van der Waals surface area contributed by atoms with E-state index in [0.717, 1.165) is 5.69 Å². The zero-order chi connectivity index (χ0) is 8.23. The van der Waals surface area contributed by atoms with Crippen LogP contribution in [-0.2, 0) is 0 Å². The lowest BCUT2D eigenvalue weighted by Gasteiger charge is -1.90. The van der Waals surface area contributed by atoms with Crippen LogP contribution in [0.5, 0.6) is 0 Å². The average molecular weight is 157 g/mol. The van der Waals surface area contributed by atoms with Crippen LogP contribution < -0.4 is 0 Å². The molecule has 12 heavy (non-hydrogen) atoms. The summed E-state index contributed by atoms with van der Waals surface area (Å²) in [5, 5.41) is 7.47. The summed E-state index contributed by atoms with van der Waals surface area (Å²) in [4.78, 5) is 4.23. The number of benzene rings is 1. The lowest BCUT2D eigenvalue weighted by molar-refractivity contribution is 1.32. The van der Waals surface area contributed by atoms with Crippen molar-refractivity contribution in [1.82, 2.24) is 0 Å². The molecule has 0 aliphatic carbocycles. The summed E-state index contributed by atoms with van der Waals surface area (Å²) in [6.45, 7) is 0. The standard InChI is InChI=1S/C9H7N3/c1-2-4-8(5-3-1)11-9-6-7-10-12-9/h1-7H. The van der Waals surface area contributed by atoms with Crippen LogP contribution in [-0.4, -0.2) is 5.84 Å². The second kappa shape index (κ2) is 3.09. The maximum Gasteiger partial charge on any atom is 0.176 e.